The first-order valence-electron chi connectivity index (χ1n) is 17.0. The normalized spacial score (nSPS) is 12.9. The fraction of sp³-hybridized carbons (Fsp3) is 0. The quantitative estimate of drug-likeness (QED) is 0.163. The molecule has 4 heterocycles. The lowest BCUT2D eigenvalue weighted by Crippen LogP contribution is -2.52. The Morgan fingerprint density at radius 1 is 0.347 bits per heavy atom. The summed E-state index contributed by atoms with van der Waals surface area (Å²) in [5.41, 5.74) is 14.8. The summed E-state index contributed by atoms with van der Waals surface area (Å²) in [7, 11) is 0. The van der Waals surface area contributed by atoms with Crippen LogP contribution in [-0.2, 0) is 0 Å². The second kappa shape index (κ2) is 9.57. The number of thiophene rings is 2. The highest BCUT2D eigenvalue weighted by Crippen LogP contribution is 2.47. The first-order chi connectivity index (χ1) is 24.3. The van der Waals surface area contributed by atoms with Crippen LogP contribution in [0.2, 0.25) is 0 Å². The second-order valence-corrected chi connectivity index (χ2v) is 15.7. The largest absolute Gasteiger partial charge is 0.244 e. The molecule has 0 N–H and O–H groups in total. The molecule has 0 fully saturated rings. The highest BCUT2D eigenvalue weighted by Gasteiger charge is 2.37. The average Bonchev–Trinajstić information content (AvgIpc) is 3.67. The molecule has 0 atom stereocenters. The van der Waals surface area contributed by atoms with Crippen LogP contribution in [0.25, 0.3) is 95.6 Å². The molecule has 0 amide bonds. The van der Waals surface area contributed by atoms with E-state index < -0.39 is 0 Å². The monoisotopic (exact) mass is 652 g/mol. The van der Waals surface area contributed by atoms with E-state index >= 15 is 0 Å². The summed E-state index contributed by atoms with van der Waals surface area (Å²) in [6.07, 6.45) is 0. The van der Waals surface area contributed by atoms with Crippen LogP contribution in [0.5, 0.6) is 0 Å². The van der Waals surface area contributed by atoms with Gasteiger partial charge in [-0.2, -0.15) is 0 Å². The van der Waals surface area contributed by atoms with Gasteiger partial charge in [0.15, 0.2) is 0 Å². The smallest absolute Gasteiger partial charge is 0.135 e. The summed E-state index contributed by atoms with van der Waals surface area (Å²) < 4.78 is 5.49. The Labute approximate surface area is 291 Å². The molecular weight excluding hydrogens is 627 g/mol. The van der Waals surface area contributed by atoms with Gasteiger partial charge in [0.1, 0.15) is 0 Å². The van der Waals surface area contributed by atoms with E-state index in [1.54, 1.807) is 0 Å². The van der Waals surface area contributed by atoms with E-state index in [9.17, 15) is 0 Å². The molecule has 8 aromatic carbocycles. The molecular formula is C46H25BS2. The zero-order valence-electron chi connectivity index (χ0n) is 26.3. The summed E-state index contributed by atoms with van der Waals surface area (Å²) in [5.74, 6) is 0. The minimum atomic E-state index is 0.135. The zero-order valence-corrected chi connectivity index (χ0v) is 28.0. The minimum Gasteiger partial charge on any atom is -0.135 e. The van der Waals surface area contributed by atoms with Crippen molar-refractivity contribution in [2.24, 2.45) is 0 Å². The van der Waals surface area contributed by atoms with Crippen LogP contribution in [0.15, 0.2) is 152 Å². The Bertz CT molecular complexity index is 2900. The van der Waals surface area contributed by atoms with E-state index in [2.05, 4.69) is 152 Å². The molecule has 12 rings (SSSR count). The topological polar surface area (TPSA) is 0 Å². The van der Waals surface area contributed by atoms with Crippen LogP contribution in [0.4, 0.5) is 0 Å². The Balaban J connectivity index is 1.19. The van der Waals surface area contributed by atoms with Crippen molar-refractivity contribution in [3.8, 4) is 44.5 Å². The predicted octanol–water partition coefficient (Wildman–Crippen LogP) is 11.4. The van der Waals surface area contributed by atoms with Crippen LogP contribution in [0.3, 0.4) is 0 Å². The number of fused-ring (bicyclic) bond motifs is 5. The molecule has 0 unspecified atom stereocenters. The molecule has 2 aliphatic heterocycles. The number of benzene rings is 8. The summed E-state index contributed by atoms with van der Waals surface area (Å²) in [6.45, 7) is 0.135. The van der Waals surface area contributed by atoms with Gasteiger partial charge in [-0.15, -0.1) is 22.7 Å². The Kier molecular flexibility index (Phi) is 5.17. The molecule has 0 spiro atoms. The van der Waals surface area contributed by atoms with E-state index in [4.69, 9.17) is 0 Å². The second-order valence-electron chi connectivity index (χ2n) is 13.5. The lowest BCUT2D eigenvalue weighted by atomic mass is 9.35. The van der Waals surface area contributed by atoms with Gasteiger partial charge in [0, 0.05) is 29.6 Å². The number of hydrogen-bond acceptors (Lipinski definition) is 2. The summed E-state index contributed by atoms with van der Waals surface area (Å²) in [5, 5.41) is 8.25. The maximum absolute atomic E-state index is 2.50. The van der Waals surface area contributed by atoms with Gasteiger partial charge in [0.2, 0.25) is 6.71 Å². The fourth-order valence-corrected chi connectivity index (χ4v) is 11.4. The standard InChI is InChI=1S/C46H25BS2/c1-2-10-30-27(8-1)9-3-11-31(30)28-22-20-26(21-23-28)29-24-34-32-12-4-16-38-42(32)44-36(14-6-18-40(44)48-38)47-37-15-7-19-41-45(37)43-33(35(25-29)46(34)47)13-5-17-39(43)49-41/h1-25H. The van der Waals surface area contributed by atoms with Gasteiger partial charge in [-0.05, 0) is 102 Å². The van der Waals surface area contributed by atoms with Crippen molar-refractivity contribution in [1.82, 2.24) is 0 Å². The van der Waals surface area contributed by atoms with Crippen molar-refractivity contribution in [3.05, 3.63) is 152 Å². The van der Waals surface area contributed by atoms with Gasteiger partial charge in [0.25, 0.3) is 0 Å². The molecule has 0 saturated carbocycles. The van der Waals surface area contributed by atoms with Crippen molar-refractivity contribution in [2.45, 2.75) is 0 Å². The van der Waals surface area contributed by atoms with Gasteiger partial charge in [-0.25, -0.2) is 0 Å². The lowest BCUT2D eigenvalue weighted by Gasteiger charge is -2.22. The third-order valence-corrected chi connectivity index (χ3v) is 13.3. The molecule has 2 aliphatic rings. The maximum atomic E-state index is 2.50. The Morgan fingerprint density at radius 3 is 1.47 bits per heavy atom. The van der Waals surface area contributed by atoms with E-state index in [1.165, 1.54) is 112 Å². The maximum Gasteiger partial charge on any atom is 0.244 e. The van der Waals surface area contributed by atoms with Crippen LogP contribution in [0, 0.1) is 0 Å². The molecule has 49 heavy (non-hydrogen) atoms. The Hall–Kier alpha value is -5.48. The van der Waals surface area contributed by atoms with E-state index in [1.807, 2.05) is 22.7 Å². The fourth-order valence-electron chi connectivity index (χ4n) is 9.09. The van der Waals surface area contributed by atoms with Gasteiger partial charge in [-0.3, -0.25) is 0 Å². The summed E-state index contributed by atoms with van der Waals surface area (Å²) >= 11 is 3.87. The molecule has 0 aliphatic carbocycles. The lowest BCUT2D eigenvalue weighted by molar-refractivity contribution is 1.60. The molecule has 3 heteroatoms. The molecule has 10 aromatic rings. The van der Waals surface area contributed by atoms with Crippen LogP contribution in [0.1, 0.15) is 0 Å². The Morgan fingerprint density at radius 2 is 0.837 bits per heavy atom. The average molecular weight is 653 g/mol. The summed E-state index contributed by atoms with van der Waals surface area (Å²) in [4.78, 5) is 0. The predicted molar refractivity (Wildman–Crippen MR) is 216 cm³/mol. The van der Waals surface area contributed by atoms with Crippen molar-refractivity contribution < 1.29 is 0 Å². The van der Waals surface area contributed by atoms with E-state index in [0.29, 0.717) is 0 Å². The highest BCUT2D eigenvalue weighted by molar-refractivity contribution is 7.27. The SMILES string of the molecule is c1ccc2c(-c3ccc(-c4cc5c6c(c4)-c4cccc7sc8cccc(c8c47)B6c4cccc6sc7cccc-5c7c46)cc3)cccc2c1. The van der Waals surface area contributed by atoms with Gasteiger partial charge in [-0.1, -0.05) is 132 Å². The van der Waals surface area contributed by atoms with Crippen LogP contribution >= 0.6 is 22.7 Å². The van der Waals surface area contributed by atoms with Crippen molar-refractivity contribution >= 4 is 96.9 Å². The first kappa shape index (κ1) is 26.5. The zero-order chi connectivity index (χ0) is 31.8. The first-order valence-corrected chi connectivity index (χ1v) is 18.6. The van der Waals surface area contributed by atoms with Gasteiger partial charge in [0.05, 0.1) is 0 Å². The molecule has 0 nitrogen and oxygen atoms in total. The molecule has 0 radical (unpaired) electrons. The third kappa shape index (κ3) is 3.49. The van der Waals surface area contributed by atoms with E-state index in [0.717, 1.165) is 0 Å². The highest BCUT2D eigenvalue weighted by atomic mass is 32.1. The molecule has 0 saturated heterocycles. The number of hydrogen-bond donors (Lipinski definition) is 0. The van der Waals surface area contributed by atoms with Crippen molar-refractivity contribution in [1.29, 1.82) is 0 Å². The molecule has 224 valence electrons. The van der Waals surface area contributed by atoms with Gasteiger partial charge >= 0.3 is 0 Å². The van der Waals surface area contributed by atoms with Gasteiger partial charge < -0.3 is 0 Å². The van der Waals surface area contributed by atoms with Crippen molar-refractivity contribution in [2.75, 3.05) is 0 Å². The third-order valence-electron chi connectivity index (χ3n) is 11.1. The van der Waals surface area contributed by atoms with Crippen LogP contribution in [-0.4, -0.2) is 6.71 Å². The number of rotatable bonds is 2. The van der Waals surface area contributed by atoms with E-state index in [-0.39, 0.29) is 6.71 Å². The molecule has 2 aromatic heterocycles. The van der Waals surface area contributed by atoms with Crippen LogP contribution < -0.4 is 16.4 Å². The van der Waals surface area contributed by atoms with Crippen molar-refractivity contribution in [3.63, 3.8) is 0 Å². The molecule has 0 bridgehead atoms. The summed E-state index contributed by atoms with van der Waals surface area (Å²) in [6, 6.07) is 57.5. The minimum absolute atomic E-state index is 0.135.